The summed E-state index contributed by atoms with van der Waals surface area (Å²) in [5.41, 5.74) is 1.16. The minimum Gasteiger partial charge on any atom is -0.324 e. The highest BCUT2D eigenvalue weighted by Gasteiger charge is 2.42. The zero-order chi connectivity index (χ0) is 18.0. The van der Waals surface area contributed by atoms with Crippen LogP contribution in [0.1, 0.15) is 31.2 Å². The summed E-state index contributed by atoms with van der Waals surface area (Å²) in [7, 11) is 0. The van der Waals surface area contributed by atoms with E-state index in [9.17, 15) is 4.79 Å². The smallest absolute Gasteiger partial charge is 0.235 e. The van der Waals surface area contributed by atoms with Crippen molar-refractivity contribution < 1.29 is 4.79 Å². The van der Waals surface area contributed by atoms with Crippen LogP contribution in [0.2, 0.25) is 5.02 Å². The molecule has 1 fully saturated rings. The first-order valence-corrected chi connectivity index (χ1v) is 9.07. The maximum Gasteiger partial charge on any atom is 0.235 e. The number of imidazole rings is 1. The first-order valence-electron chi connectivity index (χ1n) is 8.69. The van der Waals surface area contributed by atoms with Crippen molar-refractivity contribution in [3.8, 4) is 5.82 Å². The molecule has 1 N–H and O–H groups in total. The summed E-state index contributed by atoms with van der Waals surface area (Å²) in [5.74, 6) is 0.764. The van der Waals surface area contributed by atoms with Crippen molar-refractivity contribution in [1.29, 1.82) is 0 Å². The highest BCUT2D eigenvalue weighted by molar-refractivity contribution is 6.30. The van der Waals surface area contributed by atoms with Gasteiger partial charge in [-0.05, 0) is 42.7 Å². The van der Waals surface area contributed by atoms with Crippen molar-refractivity contribution in [3.05, 3.63) is 71.9 Å². The molecule has 2 heterocycles. The second-order valence-electron chi connectivity index (χ2n) is 6.63. The molecule has 0 unspecified atom stereocenters. The van der Waals surface area contributed by atoms with Crippen molar-refractivity contribution in [2.45, 2.75) is 31.1 Å². The highest BCUT2D eigenvalue weighted by atomic mass is 35.5. The molecule has 26 heavy (non-hydrogen) atoms. The van der Waals surface area contributed by atoms with Gasteiger partial charge in [0.1, 0.15) is 12.1 Å². The summed E-state index contributed by atoms with van der Waals surface area (Å²) >= 11 is 6.17. The molecular weight excluding hydrogens is 348 g/mol. The number of hydrogen-bond acceptors (Lipinski definition) is 3. The number of nitrogens with zero attached hydrogens (tertiary/aromatic N) is 3. The van der Waals surface area contributed by atoms with Crippen LogP contribution in [0.4, 0.5) is 5.69 Å². The van der Waals surface area contributed by atoms with Crippen molar-refractivity contribution in [2.24, 2.45) is 0 Å². The van der Waals surface area contributed by atoms with Gasteiger partial charge < -0.3 is 5.32 Å². The Hall–Kier alpha value is -2.66. The molecule has 0 atom stereocenters. The number of rotatable bonds is 4. The predicted molar refractivity (Wildman–Crippen MR) is 102 cm³/mol. The number of aromatic nitrogens is 3. The maximum absolute atomic E-state index is 13.2. The van der Waals surface area contributed by atoms with Crippen LogP contribution >= 0.6 is 11.6 Å². The number of anilines is 1. The molecule has 4 rings (SSSR count). The fourth-order valence-electron chi connectivity index (χ4n) is 3.67. The van der Waals surface area contributed by atoms with Crippen LogP contribution in [0, 0.1) is 0 Å². The molecule has 2 aromatic heterocycles. The molecule has 1 aliphatic carbocycles. The topological polar surface area (TPSA) is 59.8 Å². The van der Waals surface area contributed by atoms with Gasteiger partial charge in [0.25, 0.3) is 0 Å². The van der Waals surface area contributed by atoms with Crippen LogP contribution < -0.4 is 5.32 Å². The van der Waals surface area contributed by atoms with Crippen LogP contribution in [0.25, 0.3) is 5.82 Å². The quantitative estimate of drug-likeness (QED) is 0.745. The van der Waals surface area contributed by atoms with Gasteiger partial charge in [0, 0.05) is 17.4 Å². The van der Waals surface area contributed by atoms with Crippen LogP contribution in [-0.4, -0.2) is 20.4 Å². The molecular formula is C20H19ClN4O. The second-order valence-corrected chi connectivity index (χ2v) is 7.07. The van der Waals surface area contributed by atoms with E-state index in [0.717, 1.165) is 37.1 Å². The van der Waals surface area contributed by atoms with E-state index in [2.05, 4.69) is 15.3 Å². The Labute approximate surface area is 157 Å². The third-order valence-corrected chi connectivity index (χ3v) is 5.28. The fraction of sp³-hybridized carbons (Fsp3) is 0.250. The average molecular weight is 367 g/mol. The van der Waals surface area contributed by atoms with Gasteiger partial charge in [0.2, 0.25) is 5.91 Å². The number of carbonyl (C=O) groups excluding carboxylic acids is 1. The molecule has 0 bridgehead atoms. The van der Waals surface area contributed by atoms with E-state index >= 15 is 0 Å². The largest absolute Gasteiger partial charge is 0.324 e. The van der Waals surface area contributed by atoms with Gasteiger partial charge in [-0.2, -0.15) is 0 Å². The van der Waals surface area contributed by atoms with Gasteiger partial charge in [-0.25, -0.2) is 9.97 Å². The lowest BCUT2D eigenvalue weighted by Gasteiger charge is -2.28. The average Bonchev–Trinajstić information content (AvgIpc) is 3.35. The lowest BCUT2D eigenvalue weighted by molar-refractivity contribution is -0.121. The number of pyridine rings is 1. The molecule has 1 aromatic carbocycles. The van der Waals surface area contributed by atoms with E-state index in [0.29, 0.717) is 10.7 Å². The summed E-state index contributed by atoms with van der Waals surface area (Å²) in [6, 6.07) is 11.4. The lowest BCUT2D eigenvalue weighted by atomic mass is 9.78. The van der Waals surface area contributed by atoms with Gasteiger partial charge in [0.05, 0.1) is 17.3 Å². The highest BCUT2D eigenvalue weighted by Crippen LogP contribution is 2.42. The molecule has 0 aliphatic heterocycles. The van der Waals surface area contributed by atoms with Crippen molar-refractivity contribution >= 4 is 23.2 Å². The number of carbonyl (C=O) groups is 1. The Kier molecular flexibility index (Phi) is 4.47. The predicted octanol–water partition coefficient (Wildman–Crippen LogP) is 4.37. The number of amides is 1. The third kappa shape index (κ3) is 3.10. The van der Waals surface area contributed by atoms with E-state index in [4.69, 9.17) is 11.6 Å². The Morgan fingerprint density at radius 3 is 2.69 bits per heavy atom. The van der Waals surface area contributed by atoms with Crippen LogP contribution in [0.15, 0.2) is 61.3 Å². The van der Waals surface area contributed by atoms with Gasteiger partial charge in [-0.1, -0.05) is 36.6 Å². The molecule has 1 amide bonds. The van der Waals surface area contributed by atoms with Gasteiger partial charge >= 0.3 is 0 Å². The zero-order valence-electron chi connectivity index (χ0n) is 14.2. The Morgan fingerprint density at radius 2 is 2.04 bits per heavy atom. The number of nitrogens with one attached hydrogen (secondary N) is 1. The normalized spacial score (nSPS) is 15.7. The third-order valence-electron chi connectivity index (χ3n) is 5.04. The minimum atomic E-state index is -0.520. The molecule has 1 aliphatic rings. The van der Waals surface area contributed by atoms with E-state index in [1.807, 2.05) is 47.2 Å². The van der Waals surface area contributed by atoms with E-state index in [1.165, 1.54) is 0 Å². The Balaban J connectivity index is 1.57. The second kappa shape index (κ2) is 6.92. The number of benzene rings is 1. The minimum absolute atomic E-state index is 0.00875. The molecule has 1 saturated carbocycles. The van der Waals surface area contributed by atoms with Crippen molar-refractivity contribution in [2.75, 3.05) is 5.32 Å². The first kappa shape index (κ1) is 16.8. The van der Waals surface area contributed by atoms with Crippen LogP contribution in [0.5, 0.6) is 0 Å². The summed E-state index contributed by atoms with van der Waals surface area (Å²) < 4.78 is 1.82. The molecule has 3 aromatic rings. The summed E-state index contributed by atoms with van der Waals surface area (Å²) in [4.78, 5) is 21.6. The Bertz CT molecular complexity index is 900. The van der Waals surface area contributed by atoms with Crippen molar-refractivity contribution in [3.63, 3.8) is 0 Å². The van der Waals surface area contributed by atoms with E-state index in [1.54, 1.807) is 18.7 Å². The molecule has 0 spiro atoms. The zero-order valence-corrected chi connectivity index (χ0v) is 15.0. The molecule has 0 radical (unpaired) electrons. The van der Waals surface area contributed by atoms with Crippen LogP contribution in [-0.2, 0) is 10.2 Å². The maximum atomic E-state index is 13.2. The van der Waals surface area contributed by atoms with Gasteiger partial charge in [-0.3, -0.25) is 9.36 Å². The van der Waals surface area contributed by atoms with Gasteiger partial charge in [-0.15, -0.1) is 0 Å². The van der Waals surface area contributed by atoms with E-state index in [-0.39, 0.29) is 5.91 Å². The molecule has 132 valence electrons. The SMILES string of the molecule is O=C(Nc1ccc(-n2ccnc2)nc1)C1(c2cccc(Cl)c2)CCCC1. The number of hydrogen-bond donors (Lipinski definition) is 1. The molecule has 0 saturated heterocycles. The Morgan fingerprint density at radius 1 is 1.19 bits per heavy atom. The molecule has 5 nitrogen and oxygen atoms in total. The fourth-order valence-corrected chi connectivity index (χ4v) is 3.86. The molecule has 6 heteroatoms. The van der Waals surface area contributed by atoms with Crippen LogP contribution in [0.3, 0.4) is 0 Å². The lowest BCUT2D eigenvalue weighted by Crippen LogP contribution is -2.38. The summed E-state index contributed by atoms with van der Waals surface area (Å²) in [6.45, 7) is 0. The summed E-state index contributed by atoms with van der Waals surface area (Å²) in [6.07, 6.45) is 10.6. The van der Waals surface area contributed by atoms with Gasteiger partial charge in [0.15, 0.2) is 0 Å². The van der Waals surface area contributed by atoms with Crippen molar-refractivity contribution in [1.82, 2.24) is 14.5 Å². The first-order chi connectivity index (χ1) is 12.7. The van der Waals surface area contributed by atoms with E-state index < -0.39 is 5.41 Å². The monoisotopic (exact) mass is 366 g/mol. The number of halogens is 1. The standard InChI is InChI=1S/C20H19ClN4O/c21-16-5-3-4-15(12-16)20(8-1-2-9-20)19(26)24-17-6-7-18(23-13-17)25-11-10-22-14-25/h3-7,10-14H,1-2,8-9H2,(H,24,26). The summed E-state index contributed by atoms with van der Waals surface area (Å²) in [5, 5.41) is 3.71.